The highest BCUT2D eigenvalue weighted by Crippen LogP contribution is 2.41. The first kappa shape index (κ1) is 20.0. The predicted octanol–water partition coefficient (Wildman–Crippen LogP) is 0.240. The monoisotopic (exact) mass is 389 g/mol. The van der Waals surface area contributed by atoms with Gasteiger partial charge >= 0.3 is 23.9 Å². The van der Waals surface area contributed by atoms with Crippen LogP contribution in [0.1, 0.15) is 6.23 Å². The van der Waals surface area contributed by atoms with Gasteiger partial charge in [0.1, 0.15) is 11.9 Å². The molecule has 146 valence electrons. The number of hydrogen-bond donors (Lipinski definition) is 3. The Balaban J connectivity index is 2.13. The number of halogens is 5. The minimum atomic E-state index is -4.76. The number of aliphatic hydroxyl groups excluding tert-OH is 2. The zero-order chi connectivity index (χ0) is 19.7. The Hall–Kier alpha value is -2.32. The quantitative estimate of drug-likeness (QED) is 0.631. The summed E-state index contributed by atoms with van der Waals surface area (Å²) in [6, 6.07) is 0.828. The van der Waals surface area contributed by atoms with Crippen molar-refractivity contribution in [2.45, 2.75) is 30.5 Å². The van der Waals surface area contributed by atoms with Gasteiger partial charge in [-0.25, -0.2) is 9.59 Å². The van der Waals surface area contributed by atoms with E-state index < -0.39 is 61.3 Å². The second kappa shape index (κ2) is 7.13. The van der Waals surface area contributed by atoms with Crippen LogP contribution in [-0.2, 0) is 9.47 Å². The van der Waals surface area contributed by atoms with Crippen molar-refractivity contribution >= 4 is 11.9 Å². The number of aromatic nitrogens is 2. The first-order valence-corrected chi connectivity index (χ1v) is 6.87. The van der Waals surface area contributed by atoms with E-state index in [2.05, 4.69) is 9.72 Å². The molecule has 14 heteroatoms. The molecule has 0 spiro atoms. The molecular formula is C12H12F5N3O6. The van der Waals surface area contributed by atoms with Crippen molar-refractivity contribution in [1.82, 2.24) is 9.55 Å². The molecular weight excluding hydrogens is 377 g/mol. The normalized spacial score (nSPS) is 25.1. The molecule has 1 amide bonds. The Morgan fingerprint density at radius 1 is 1.46 bits per heavy atom. The van der Waals surface area contributed by atoms with Gasteiger partial charge in [-0.1, -0.05) is 0 Å². The molecule has 0 aliphatic carbocycles. The number of anilines is 1. The average Bonchev–Trinajstić information content (AvgIpc) is 2.75. The van der Waals surface area contributed by atoms with Gasteiger partial charge in [0.2, 0.25) is 6.23 Å². The van der Waals surface area contributed by atoms with Crippen LogP contribution in [0, 0.1) is 0 Å². The molecule has 3 atom stereocenters. The molecule has 1 aromatic heterocycles. The SMILES string of the molecule is O=C(Nc1ccn([C@@H]2O[C@H](CO)[C@@H](O)C2(F)F)c(=O)n1)OCC(F)(F)F. The molecule has 3 N–H and O–H groups in total. The van der Waals surface area contributed by atoms with Gasteiger partial charge in [0.15, 0.2) is 12.7 Å². The summed E-state index contributed by atoms with van der Waals surface area (Å²) in [7, 11) is 0. The van der Waals surface area contributed by atoms with Crippen LogP contribution in [0.5, 0.6) is 0 Å². The number of aliphatic hydroxyl groups is 2. The summed E-state index contributed by atoms with van der Waals surface area (Å²) >= 11 is 0. The van der Waals surface area contributed by atoms with Crippen LogP contribution < -0.4 is 11.0 Å². The average molecular weight is 389 g/mol. The summed E-state index contributed by atoms with van der Waals surface area (Å²) < 4.78 is 72.5. The molecule has 2 heterocycles. The van der Waals surface area contributed by atoms with E-state index in [0.717, 1.165) is 12.3 Å². The highest BCUT2D eigenvalue weighted by Gasteiger charge is 2.59. The first-order valence-electron chi connectivity index (χ1n) is 6.87. The lowest BCUT2D eigenvalue weighted by Crippen LogP contribution is -2.41. The van der Waals surface area contributed by atoms with Crippen molar-refractivity contribution in [3.63, 3.8) is 0 Å². The van der Waals surface area contributed by atoms with E-state index in [-0.39, 0.29) is 0 Å². The van der Waals surface area contributed by atoms with Crippen LogP contribution in [-0.4, -0.2) is 63.4 Å². The fourth-order valence-corrected chi connectivity index (χ4v) is 2.07. The maximum Gasteiger partial charge on any atom is 0.422 e. The molecule has 0 aromatic carbocycles. The summed E-state index contributed by atoms with van der Waals surface area (Å²) in [6.07, 6.45) is -11.9. The molecule has 0 radical (unpaired) electrons. The standard InChI is InChI=1S/C12H12F5N3O6/c13-11(14,15)4-25-10(24)19-6-1-2-20(9(23)18-6)8-12(16,17)7(22)5(3-21)26-8/h1-2,5,7-8,21-22H,3-4H2,(H,18,19,23,24)/t5-,7-,8-/m1/s1. The largest absolute Gasteiger partial charge is 0.440 e. The van der Waals surface area contributed by atoms with Crippen molar-refractivity contribution in [2.24, 2.45) is 0 Å². The molecule has 26 heavy (non-hydrogen) atoms. The third-order valence-corrected chi connectivity index (χ3v) is 3.24. The van der Waals surface area contributed by atoms with Crippen molar-refractivity contribution < 1.29 is 46.4 Å². The summed E-state index contributed by atoms with van der Waals surface area (Å²) in [5.74, 6) is -4.49. The van der Waals surface area contributed by atoms with Gasteiger partial charge in [-0.3, -0.25) is 9.88 Å². The Morgan fingerprint density at radius 3 is 2.62 bits per heavy atom. The molecule has 2 rings (SSSR count). The number of nitrogens with zero attached hydrogens (tertiary/aromatic N) is 2. The van der Waals surface area contributed by atoms with Crippen molar-refractivity contribution in [3.05, 3.63) is 22.7 Å². The zero-order valence-corrected chi connectivity index (χ0v) is 12.6. The van der Waals surface area contributed by atoms with Gasteiger partial charge in [-0.2, -0.15) is 26.9 Å². The third-order valence-electron chi connectivity index (χ3n) is 3.24. The first-order chi connectivity index (χ1) is 12.0. The lowest BCUT2D eigenvalue weighted by Gasteiger charge is -2.21. The molecule has 1 aliphatic rings. The van der Waals surface area contributed by atoms with E-state index in [1.165, 1.54) is 0 Å². The number of rotatable bonds is 4. The highest BCUT2D eigenvalue weighted by atomic mass is 19.4. The summed E-state index contributed by atoms with van der Waals surface area (Å²) in [5, 5.41) is 20.0. The van der Waals surface area contributed by atoms with Crippen LogP contribution in [0.3, 0.4) is 0 Å². The second-order valence-corrected chi connectivity index (χ2v) is 5.15. The Morgan fingerprint density at radius 2 is 2.12 bits per heavy atom. The fraction of sp³-hybridized carbons (Fsp3) is 0.583. The van der Waals surface area contributed by atoms with E-state index in [4.69, 9.17) is 9.84 Å². The van der Waals surface area contributed by atoms with Gasteiger partial charge < -0.3 is 19.7 Å². The Labute approximate surface area is 141 Å². The molecule has 0 bridgehead atoms. The topological polar surface area (TPSA) is 123 Å². The van der Waals surface area contributed by atoms with E-state index in [0.29, 0.717) is 4.57 Å². The fourth-order valence-electron chi connectivity index (χ4n) is 2.07. The van der Waals surface area contributed by atoms with Gasteiger partial charge in [0, 0.05) is 6.20 Å². The Bertz CT molecular complexity index is 724. The number of ether oxygens (including phenoxy) is 2. The van der Waals surface area contributed by atoms with Crippen LogP contribution in [0.2, 0.25) is 0 Å². The molecule has 1 aliphatic heterocycles. The van der Waals surface area contributed by atoms with Crippen molar-refractivity contribution in [2.75, 3.05) is 18.5 Å². The van der Waals surface area contributed by atoms with Crippen molar-refractivity contribution in [1.29, 1.82) is 0 Å². The second-order valence-electron chi connectivity index (χ2n) is 5.15. The van der Waals surface area contributed by atoms with E-state index in [1.807, 2.05) is 0 Å². The number of alkyl halides is 5. The van der Waals surface area contributed by atoms with Crippen LogP contribution in [0.15, 0.2) is 17.1 Å². The molecule has 1 fully saturated rings. The number of nitrogens with one attached hydrogen (secondary N) is 1. The van der Waals surface area contributed by atoms with E-state index >= 15 is 0 Å². The van der Waals surface area contributed by atoms with Gasteiger partial charge in [-0.15, -0.1) is 0 Å². The van der Waals surface area contributed by atoms with E-state index in [1.54, 1.807) is 5.32 Å². The van der Waals surface area contributed by atoms with Crippen LogP contribution in [0.4, 0.5) is 32.6 Å². The molecule has 0 saturated carbocycles. The lowest BCUT2D eigenvalue weighted by atomic mass is 10.1. The van der Waals surface area contributed by atoms with Gasteiger partial charge in [-0.05, 0) is 6.07 Å². The lowest BCUT2D eigenvalue weighted by molar-refractivity contribution is -0.159. The van der Waals surface area contributed by atoms with Crippen molar-refractivity contribution in [3.8, 4) is 0 Å². The smallest absolute Gasteiger partial charge is 0.422 e. The highest BCUT2D eigenvalue weighted by molar-refractivity contribution is 5.83. The number of amides is 1. The van der Waals surface area contributed by atoms with Crippen LogP contribution >= 0.6 is 0 Å². The number of hydrogen-bond acceptors (Lipinski definition) is 7. The number of carbonyl (C=O) groups excluding carboxylic acids is 1. The maximum atomic E-state index is 14.0. The zero-order valence-electron chi connectivity index (χ0n) is 12.6. The minimum Gasteiger partial charge on any atom is -0.440 e. The van der Waals surface area contributed by atoms with Crippen LogP contribution in [0.25, 0.3) is 0 Å². The molecule has 1 saturated heterocycles. The maximum absolute atomic E-state index is 14.0. The summed E-state index contributed by atoms with van der Waals surface area (Å²) in [5.41, 5.74) is -1.35. The van der Waals surface area contributed by atoms with E-state index in [9.17, 15) is 36.6 Å². The molecule has 0 unspecified atom stereocenters. The van der Waals surface area contributed by atoms with Gasteiger partial charge in [0.05, 0.1) is 6.61 Å². The molecule has 1 aromatic rings. The Kier molecular flexibility index (Phi) is 5.48. The number of carbonyl (C=O) groups is 1. The summed E-state index contributed by atoms with van der Waals surface area (Å²) in [4.78, 5) is 26.2. The third kappa shape index (κ3) is 4.25. The molecule has 9 nitrogen and oxygen atoms in total. The summed E-state index contributed by atoms with van der Waals surface area (Å²) in [6.45, 7) is -2.81. The predicted molar refractivity (Wildman–Crippen MR) is 71.5 cm³/mol. The minimum absolute atomic E-state index is 0.297. The van der Waals surface area contributed by atoms with Gasteiger partial charge in [0.25, 0.3) is 0 Å².